The minimum absolute atomic E-state index is 0.0936. The van der Waals surface area contributed by atoms with Crippen molar-refractivity contribution < 1.29 is 19.0 Å². The smallest absolute Gasteiger partial charge is 0.244 e. The van der Waals surface area contributed by atoms with Gasteiger partial charge >= 0.3 is 0 Å². The van der Waals surface area contributed by atoms with Gasteiger partial charge in [-0.1, -0.05) is 5.21 Å². The van der Waals surface area contributed by atoms with Crippen molar-refractivity contribution in [3.63, 3.8) is 0 Å². The molecule has 10 heteroatoms. The van der Waals surface area contributed by atoms with Gasteiger partial charge < -0.3 is 19.1 Å². The Hall–Kier alpha value is -2.30. The molecule has 2 aromatic heterocycles. The number of hydrogen-bond acceptors (Lipinski definition) is 7. The van der Waals surface area contributed by atoms with Crippen molar-refractivity contribution >= 4 is 5.91 Å². The van der Waals surface area contributed by atoms with E-state index in [1.54, 1.807) is 10.9 Å². The monoisotopic (exact) mass is 432 g/mol. The number of aryl methyl sites for hydroxylation is 1. The van der Waals surface area contributed by atoms with Crippen LogP contribution in [-0.4, -0.2) is 73.6 Å². The predicted octanol–water partition coefficient (Wildman–Crippen LogP) is 1.32. The van der Waals surface area contributed by atoms with Gasteiger partial charge in [0.1, 0.15) is 12.2 Å². The molecule has 0 saturated carbocycles. The maximum Gasteiger partial charge on any atom is 0.244 e. The largest absolute Gasteiger partial charge is 0.376 e. The quantitative estimate of drug-likeness (QED) is 0.580. The molecule has 0 N–H and O–H groups in total. The molecule has 10 nitrogen and oxygen atoms in total. The Kier molecular flexibility index (Phi) is 6.68. The molecule has 0 unspecified atom stereocenters. The number of ether oxygens (including phenoxy) is 3. The Morgan fingerprint density at radius 1 is 1.29 bits per heavy atom. The highest BCUT2D eigenvalue weighted by atomic mass is 16.5. The molecule has 1 fully saturated rings. The van der Waals surface area contributed by atoms with Crippen LogP contribution in [0.4, 0.5) is 0 Å². The lowest BCUT2D eigenvalue weighted by molar-refractivity contribution is -0.146. The maximum atomic E-state index is 12.6. The third-order valence-corrected chi connectivity index (χ3v) is 5.88. The fourth-order valence-corrected chi connectivity index (χ4v) is 4.08. The van der Waals surface area contributed by atoms with E-state index in [0.29, 0.717) is 46.1 Å². The van der Waals surface area contributed by atoms with Gasteiger partial charge in [-0.05, 0) is 39.2 Å². The maximum absolute atomic E-state index is 12.6. The van der Waals surface area contributed by atoms with Gasteiger partial charge in [0.05, 0.1) is 56.6 Å². The molecule has 170 valence electrons. The molecule has 0 aliphatic carbocycles. The molecule has 0 radical (unpaired) electrons. The summed E-state index contributed by atoms with van der Waals surface area (Å²) in [5.41, 5.74) is 2.56. The van der Waals surface area contributed by atoms with E-state index in [2.05, 4.69) is 15.4 Å². The van der Waals surface area contributed by atoms with Crippen molar-refractivity contribution in [1.29, 1.82) is 0 Å². The van der Waals surface area contributed by atoms with E-state index in [4.69, 9.17) is 14.2 Å². The molecule has 0 aromatic carbocycles. The lowest BCUT2D eigenvalue weighted by Crippen LogP contribution is -2.52. The number of hydrogen-bond donors (Lipinski definition) is 0. The number of likely N-dealkylation sites (tertiary alicyclic amines) is 1. The van der Waals surface area contributed by atoms with Gasteiger partial charge in [-0.25, -0.2) is 4.68 Å². The number of carbonyl (C=O) groups is 1. The first kappa shape index (κ1) is 21.9. The lowest BCUT2D eigenvalue weighted by atomic mass is 9.90. The standard InChI is InChI=1S/C21H32N6O4/c1-16(2)30-9-8-29-13-18-19-14-31-21(15-27(19)24-23-18)4-6-25(7-5-21)20(28)12-26-11-17(3)10-22-26/h10-11,16H,4-9,12-15H2,1-3H3. The van der Waals surface area contributed by atoms with E-state index in [1.807, 2.05) is 36.5 Å². The molecule has 1 amide bonds. The van der Waals surface area contributed by atoms with Crippen molar-refractivity contribution in [3.05, 3.63) is 29.3 Å². The van der Waals surface area contributed by atoms with Crippen molar-refractivity contribution in [2.75, 3.05) is 26.3 Å². The fourth-order valence-electron chi connectivity index (χ4n) is 4.08. The average Bonchev–Trinajstić information content (AvgIpc) is 3.33. The number of piperidine rings is 1. The predicted molar refractivity (Wildman–Crippen MR) is 111 cm³/mol. The van der Waals surface area contributed by atoms with E-state index >= 15 is 0 Å². The van der Waals surface area contributed by atoms with E-state index in [1.165, 1.54) is 0 Å². The SMILES string of the molecule is Cc1cnn(CC(=O)N2CCC3(CC2)Cn2nnc(COCCOC(C)C)c2CO3)c1. The number of amides is 1. The minimum atomic E-state index is -0.289. The number of nitrogens with zero attached hydrogens (tertiary/aromatic N) is 6. The number of rotatable bonds is 8. The highest BCUT2D eigenvalue weighted by Crippen LogP contribution is 2.33. The fraction of sp³-hybridized carbons (Fsp3) is 0.714. The molecule has 1 spiro atoms. The highest BCUT2D eigenvalue weighted by molar-refractivity contribution is 5.76. The van der Waals surface area contributed by atoms with Crippen LogP contribution in [0.2, 0.25) is 0 Å². The van der Waals surface area contributed by atoms with Crippen LogP contribution in [0.3, 0.4) is 0 Å². The normalized spacial score (nSPS) is 18.0. The molecule has 1 saturated heterocycles. The number of carbonyl (C=O) groups excluding carboxylic acids is 1. The van der Waals surface area contributed by atoms with Gasteiger partial charge in [0.2, 0.25) is 5.91 Å². The van der Waals surface area contributed by atoms with Crippen LogP contribution in [0.15, 0.2) is 12.4 Å². The molecule has 4 rings (SSSR count). The second kappa shape index (κ2) is 9.46. The molecule has 31 heavy (non-hydrogen) atoms. The average molecular weight is 433 g/mol. The first-order chi connectivity index (χ1) is 14.9. The summed E-state index contributed by atoms with van der Waals surface area (Å²) in [7, 11) is 0. The summed E-state index contributed by atoms with van der Waals surface area (Å²) in [4.78, 5) is 14.5. The molecular weight excluding hydrogens is 400 g/mol. The zero-order chi connectivity index (χ0) is 21.8. The summed E-state index contributed by atoms with van der Waals surface area (Å²) in [6.45, 7) is 10.2. The Labute approximate surface area is 182 Å². The van der Waals surface area contributed by atoms with Crippen LogP contribution in [-0.2, 0) is 45.3 Å². The van der Waals surface area contributed by atoms with Crippen molar-refractivity contribution in [2.45, 2.75) is 71.6 Å². The van der Waals surface area contributed by atoms with Gasteiger partial charge in [-0.3, -0.25) is 9.48 Å². The van der Waals surface area contributed by atoms with Gasteiger partial charge in [0, 0.05) is 19.3 Å². The summed E-state index contributed by atoms with van der Waals surface area (Å²) in [5.74, 6) is 0.0936. The number of aromatic nitrogens is 5. The molecular formula is C21H32N6O4. The molecule has 2 aliphatic heterocycles. The van der Waals surface area contributed by atoms with Crippen LogP contribution in [0, 0.1) is 6.92 Å². The third kappa shape index (κ3) is 5.31. The molecule has 4 heterocycles. The first-order valence-electron chi connectivity index (χ1n) is 11.0. The molecule has 0 bridgehead atoms. The van der Waals surface area contributed by atoms with E-state index in [0.717, 1.165) is 29.8 Å². The van der Waals surface area contributed by atoms with Crippen LogP contribution in [0.1, 0.15) is 43.6 Å². The molecule has 2 aromatic rings. The van der Waals surface area contributed by atoms with Crippen molar-refractivity contribution in [3.8, 4) is 0 Å². The Bertz CT molecular complexity index is 884. The summed E-state index contributed by atoms with van der Waals surface area (Å²) in [6, 6.07) is 0. The Balaban J connectivity index is 1.26. The first-order valence-corrected chi connectivity index (χ1v) is 11.0. The van der Waals surface area contributed by atoms with E-state index < -0.39 is 0 Å². The van der Waals surface area contributed by atoms with Gasteiger partial charge in [0.25, 0.3) is 0 Å². The van der Waals surface area contributed by atoms with Gasteiger partial charge in [-0.15, -0.1) is 5.10 Å². The topological polar surface area (TPSA) is 96.5 Å². The molecule has 0 atom stereocenters. The summed E-state index contributed by atoms with van der Waals surface area (Å²) in [5, 5.41) is 12.8. The zero-order valence-corrected chi connectivity index (χ0v) is 18.6. The zero-order valence-electron chi connectivity index (χ0n) is 18.6. The second-order valence-electron chi connectivity index (χ2n) is 8.68. The van der Waals surface area contributed by atoms with Crippen molar-refractivity contribution in [2.24, 2.45) is 0 Å². The van der Waals surface area contributed by atoms with Crippen molar-refractivity contribution in [1.82, 2.24) is 29.7 Å². The lowest BCUT2D eigenvalue weighted by Gasteiger charge is -2.43. The van der Waals surface area contributed by atoms with Crippen LogP contribution < -0.4 is 0 Å². The van der Waals surface area contributed by atoms with Gasteiger partial charge in [0.15, 0.2) is 0 Å². The Morgan fingerprint density at radius 3 is 2.81 bits per heavy atom. The minimum Gasteiger partial charge on any atom is -0.376 e. The second-order valence-corrected chi connectivity index (χ2v) is 8.68. The third-order valence-electron chi connectivity index (χ3n) is 5.88. The highest BCUT2D eigenvalue weighted by Gasteiger charge is 2.41. The van der Waals surface area contributed by atoms with E-state index in [9.17, 15) is 4.79 Å². The Morgan fingerprint density at radius 2 is 2.10 bits per heavy atom. The number of fused-ring (bicyclic) bond motifs is 1. The van der Waals surface area contributed by atoms with E-state index in [-0.39, 0.29) is 24.2 Å². The van der Waals surface area contributed by atoms with Crippen LogP contribution >= 0.6 is 0 Å². The van der Waals surface area contributed by atoms with Gasteiger partial charge in [-0.2, -0.15) is 5.10 Å². The van der Waals surface area contributed by atoms with Crippen LogP contribution in [0.25, 0.3) is 0 Å². The summed E-state index contributed by atoms with van der Waals surface area (Å²) >= 11 is 0. The summed E-state index contributed by atoms with van der Waals surface area (Å²) < 4.78 is 21.1. The summed E-state index contributed by atoms with van der Waals surface area (Å²) in [6.07, 6.45) is 5.43. The molecule has 2 aliphatic rings. The van der Waals surface area contributed by atoms with Crippen LogP contribution in [0.5, 0.6) is 0 Å².